The molecule has 0 aromatic heterocycles. The Morgan fingerprint density at radius 2 is 1.84 bits per heavy atom. The van der Waals surface area contributed by atoms with Crippen LogP contribution in [0.1, 0.15) is 76.1 Å². The van der Waals surface area contributed by atoms with Gasteiger partial charge in [-0.15, -0.1) is 0 Å². The number of benzene rings is 2. The molecule has 2 aromatic carbocycles. The van der Waals surface area contributed by atoms with Crippen LogP contribution in [0, 0.1) is 30.6 Å². The summed E-state index contributed by atoms with van der Waals surface area (Å²) in [5, 5.41) is 3.69. The van der Waals surface area contributed by atoms with Crippen LogP contribution in [-0.4, -0.2) is 12.1 Å². The van der Waals surface area contributed by atoms with Gasteiger partial charge in [0.2, 0.25) is 0 Å². The predicted molar refractivity (Wildman–Crippen MR) is 132 cm³/mol. The fourth-order valence-corrected chi connectivity index (χ4v) is 5.20. The third-order valence-electron chi connectivity index (χ3n) is 7.14. The molecule has 0 aliphatic heterocycles. The van der Waals surface area contributed by atoms with Crippen LogP contribution in [0.4, 0.5) is 0 Å². The average Bonchev–Trinajstić information content (AvgIpc) is 2.77. The number of esters is 1. The molecular weight excluding hydrogens is 394 g/mol. The summed E-state index contributed by atoms with van der Waals surface area (Å²) >= 11 is 0. The van der Waals surface area contributed by atoms with Gasteiger partial charge in [0, 0.05) is 12.6 Å². The second-order valence-corrected chi connectivity index (χ2v) is 10.1. The van der Waals surface area contributed by atoms with Crippen LogP contribution in [0.3, 0.4) is 0 Å². The maximum Gasteiger partial charge on any atom is 0.311 e. The Kier molecular flexibility index (Phi) is 8.92. The minimum absolute atomic E-state index is 0.0348. The molecule has 1 aliphatic rings. The second kappa shape index (κ2) is 11.7. The summed E-state index contributed by atoms with van der Waals surface area (Å²) in [6.45, 7) is 11.7. The van der Waals surface area contributed by atoms with Gasteiger partial charge < -0.3 is 10.1 Å². The highest BCUT2D eigenvalue weighted by molar-refractivity contribution is 5.74. The van der Waals surface area contributed by atoms with Gasteiger partial charge in [-0.2, -0.15) is 0 Å². The molecule has 0 spiro atoms. The number of rotatable bonds is 9. The summed E-state index contributed by atoms with van der Waals surface area (Å²) in [7, 11) is 0. The molecule has 3 rings (SSSR count). The van der Waals surface area contributed by atoms with E-state index in [-0.39, 0.29) is 24.0 Å². The second-order valence-electron chi connectivity index (χ2n) is 10.1. The van der Waals surface area contributed by atoms with Gasteiger partial charge in [-0.3, -0.25) is 4.79 Å². The molecule has 3 heteroatoms. The summed E-state index contributed by atoms with van der Waals surface area (Å²) in [6, 6.07) is 18.8. The molecule has 2 aromatic rings. The molecule has 3 nitrogen and oxygen atoms in total. The molecule has 1 fully saturated rings. The van der Waals surface area contributed by atoms with Crippen molar-refractivity contribution >= 4 is 5.97 Å². The van der Waals surface area contributed by atoms with Crippen LogP contribution in [-0.2, 0) is 16.1 Å². The molecular formula is C29H41NO2. The molecule has 32 heavy (non-hydrogen) atoms. The molecule has 0 heterocycles. The van der Waals surface area contributed by atoms with E-state index in [0.717, 1.165) is 31.4 Å². The van der Waals surface area contributed by atoms with Crippen LogP contribution in [0.2, 0.25) is 0 Å². The lowest BCUT2D eigenvalue weighted by Crippen LogP contribution is -2.40. The van der Waals surface area contributed by atoms with Crippen molar-refractivity contribution < 1.29 is 9.53 Å². The number of carbonyl (C=O) groups is 1. The summed E-state index contributed by atoms with van der Waals surface area (Å²) in [5.41, 5.74) is 3.58. The predicted octanol–water partition coefficient (Wildman–Crippen LogP) is 6.86. The zero-order chi connectivity index (χ0) is 23.1. The number of nitrogens with one attached hydrogen (secondary N) is 1. The third kappa shape index (κ3) is 6.45. The van der Waals surface area contributed by atoms with Gasteiger partial charge in [0.05, 0.1) is 5.92 Å². The largest absolute Gasteiger partial charge is 0.462 e. The fraction of sp³-hybridized carbons (Fsp3) is 0.552. The first kappa shape index (κ1) is 24.5. The molecule has 0 radical (unpaired) electrons. The van der Waals surface area contributed by atoms with Gasteiger partial charge in [0.15, 0.2) is 0 Å². The maximum absolute atomic E-state index is 13.6. The Bertz CT molecular complexity index is 847. The Balaban J connectivity index is 1.81. The summed E-state index contributed by atoms with van der Waals surface area (Å²) in [4.78, 5) is 13.6. The van der Waals surface area contributed by atoms with Gasteiger partial charge in [-0.1, -0.05) is 94.3 Å². The number of ether oxygens (including phenoxy) is 1. The highest BCUT2D eigenvalue weighted by Crippen LogP contribution is 2.37. The molecule has 0 amide bonds. The minimum Gasteiger partial charge on any atom is -0.462 e. The Morgan fingerprint density at radius 3 is 2.50 bits per heavy atom. The van der Waals surface area contributed by atoms with Crippen LogP contribution in [0.5, 0.6) is 0 Å². The normalized spacial score (nSPS) is 23.0. The maximum atomic E-state index is 13.6. The molecule has 0 bridgehead atoms. The van der Waals surface area contributed by atoms with Crippen LogP contribution in [0.25, 0.3) is 0 Å². The van der Waals surface area contributed by atoms with E-state index in [2.05, 4.69) is 88.5 Å². The lowest BCUT2D eigenvalue weighted by atomic mass is 9.75. The van der Waals surface area contributed by atoms with Gasteiger partial charge in [0.25, 0.3) is 0 Å². The van der Waals surface area contributed by atoms with E-state index in [1.165, 1.54) is 17.5 Å². The zero-order valence-electron chi connectivity index (χ0n) is 20.5. The lowest BCUT2D eigenvalue weighted by Gasteiger charge is -2.38. The molecule has 174 valence electrons. The lowest BCUT2D eigenvalue weighted by molar-refractivity contribution is -0.162. The van der Waals surface area contributed by atoms with Crippen molar-refractivity contribution in [1.82, 2.24) is 5.32 Å². The van der Waals surface area contributed by atoms with Crippen molar-refractivity contribution in [3.05, 3.63) is 71.3 Å². The number of aryl methyl sites for hydroxylation is 1. The van der Waals surface area contributed by atoms with Gasteiger partial charge in [-0.05, 0) is 55.1 Å². The quantitative estimate of drug-likeness (QED) is 0.437. The third-order valence-corrected chi connectivity index (χ3v) is 7.14. The highest BCUT2D eigenvalue weighted by atomic mass is 16.5. The van der Waals surface area contributed by atoms with Crippen LogP contribution >= 0.6 is 0 Å². The Labute approximate surface area is 195 Å². The minimum atomic E-state index is -0.217. The van der Waals surface area contributed by atoms with Crippen molar-refractivity contribution in [3.63, 3.8) is 0 Å². The first-order valence-corrected chi connectivity index (χ1v) is 12.4. The zero-order valence-corrected chi connectivity index (χ0v) is 20.5. The van der Waals surface area contributed by atoms with E-state index in [1.54, 1.807) is 0 Å². The topological polar surface area (TPSA) is 38.3 Å². The van der Waals surface area contributed by atoms with Crippen molar-refractivity contribution in [2.75, 3.05) is 0 Å². The smallest absolute Gasteiger partial charge is 0.311 e. The van der Waals surface area contributed by atoms with Crippen molar-refractivity contribution in [2.24, 2.45) is 23.7 Å². The van der Waals surface area contributed by atoms with Crippen LogP contribution in [0.15, 0.2) is 54.6 Å². The van der Waals surface area contributed by atoms with Crippen LogP contribution < -0.4 is 5.32 Å². The fourth-order valence-electron chi connectivity index (χ4n) is 5.20. The van der Waals surface area contributed by atoms with Gasteiger partial charge in [0.1, 0.15) is 6.10 Å². The van der Waals surface area contributed by atoms with Crippen molar-refractivity contribution in [3.8, 4) is 0 Å². The highest BCUT2D eigenvalue weighted by Gasteiger charge is 2.36. The average molecular weight is 436 g/mol. The first-order chi connectivity index (χ1) is 15.4. The van der Waals surface area contributed by atoms with Crippen molar-refractivity contribution in [1.29, 1.82) is 0 Å². The molecule has 0 saturated heterocycles. The molecule has 1 N–H and O–H groups in total. The van der Waals surface area contributed by atoms with Gasteiger partial charge >= 0.3 is 5.97 Å². The number of hydrogen-bond donors (Lipinski definition) is 1. The Morgan fingerprint density at radius 1 is 1.09 bits per heavy atom. The van der Waals surface area contributed by atoms with E-state index in [0.29, 0.717) is 17.8 Å². The SMILES string of the molecule is CC[C@@H](C(=O)O[C@@H]1C[C@H](C)CC[C@H]1C(C)C)[C@H](NCc1ccccc1)c1cccc(C)c1. The monoisotopic (exact) mass is 435 g/mol. The first-order valence-electron chi connectivity index (χ1n) is 12.4. The van der Waals surface area contributed by atoms with E-state index >= 15 is 0 Å². The van der Waals surface area contributed by atoms with Crippen molar-refractivity contribution in [2.45, 2.75) is 79.0 Å². The Hall–Kier alpha value is -2.13. The molecule has 1 saturated carbocycles. The molecule has 0 unspecified atom stereocenters. The number of carbonyl (C=O) groups excluding carboxylic acids is 1. The summed E-state index contributed by atoms with van der Waals surface area (Å²) in [5.74, 6) is 1.34. The van der Waals surface area contributed by atoms with Gasteiger partial charge in [-0.25, -0.2) is 0 Å². The van der Waals surface area contributed by atoms with E-state index in [9.17, 15) is 4.79 Å². The van der Waals surface area contributed by atoms with E-state index in [1.807, 2.05) is 6.07 Å². The number of hydrogen-bond acceptors (Lipinski definition) is 3. The molecule has 1 aliphatic carbocycles. The van der Waals surface area contributed by atoms with E-state index in [4.69, 9.17) is 4.74 Å². The summed E-state index contributed by atoms with van der Waals surface area (Å²) in [6.07, 6.45) is 4.15. The molecule has 5 atom stereocenters. The summed E-state index contributed by atoms with van der Waals surface area (Å²) < 4.78 is 6.29. The van der Waals surface area contributed by atoms with E-state index < -0.39 is 0 Å². The standard InChI is InChI=1S/C29H41NO2/c1-6-25(29(31)32-27-18-22(5)15-16-26(27)20(2)3)28(24-14-10-11-21(4)17-24)30-19-23-12-8-7-9-13-23/h7-14,17,20,22,25-28,30H,6,15-16,18-19H2,1-5H3/t22-,25-,26+,27-,28-/m1/s1.